The quantitative estimate of drug-likeness (QED) is 0.730. The lowest BCUT2D eigenvalue weighted by Crippen LogP contribution is -2.09. The van der Waals surface area contributed by atoms with Gasteiger partial charge in [0, 0.05) is 26.3 Å². The minimum absolute atomic E-state index is 0.182. The number of carbonyl (C=O) groups is 1. The summed E-state index contributed by atoms with van der Waals surface area (Å²) in [6.07, 6.45) is 5.72. The predicted octanol–water partition coefficient (Wildman–Crippen LogP) is 1.87. The molecule has 0 N–H and O–H groups in total. The zero-order valence-corrected chi connectivity index (χ0v) is 9.90. The highest BCUT2D eigenvalue weighted by Gasteiger charge is 2.18. The van der Waals surface area contributed by atoms with Crippen molar-refractivity contribution in [1.82, 2.24) is 9.78 Å². The van der Waals surface area contributed by atoms with Crippen LogP contribution in [-0.4, -0.2) is 28.3 Å². The van der Waals surface area contributed by atoms with E-state index in [-0.39, 0.29) is 5.78 Å². The summed E-state index contributed by atoms with van der Waals surface area (Å²) < 4.78 is 7.19. The molecule has 1 fully saturated rings. The second kappa shape index (κ2) is 4.78. The molecule has 0 aliphatic carbocycles. The Bertz CT molecular complexity index is 378. The monoisotopic (exact) mass is 222 g/mol. The normalized spacial score (nSPS) is 20.2. The average molecular weight is 222 g/mol. The SMILES string of the molecule is Cc1nn(C)cc1C(=O)CCC1CCCO1. The fourth-order valence-electron chi connectivity index (χ4n) is 2.17. The van der Waals surface area contributed by atoms with Crippen molar-refractivity contribution >= 4 is 5.78 Å². The number of hydrogen-bond acceptors (Lipinski definition) is 3. The lowest BCUT2D eigenvalue weighted by Gasteiger charge is -2.07. The molecule has 1 atom stereocenters. The minimum Gasteiger partial charge on any atom is -0.378 e. The molecule has 0 spiro atoms. The largest absolute Gasteiger partial charge is 0.378 e. The molecule has 4 nitrogen and oxygen atoms in total. The third kappa shape index (κ3) is 2.50. The molecular weight excluding hydrogens is 204 g/mol. The second-order valence-electron chi connectivity index (χ2n) is 4.40. The highest BCUT2D eigenvalue weighted by Crippen LogP contribution is 2.18. The van der Waals surface area contributed by atoms with Crippen molar-refractivity contribution in [2.75, 3.05) is 6.61 Å². The van der Waals surface area contributed by atoms with Crippen molar-refractivity contribution in [2.24, 2.45) is 7.05 Å². The van der Waals surface area contributed by atoms with E-state index in [2.05, 4.69) is 5.10 Å². The number of carbonyl (C=O) groups excluding carboxylic acids is 1. The first-order valence-electron chi connectivity index (χ1n) is 5.82. The number of ether oxygens (including phenoxy) is 1. The van der Waals surface area contributed by atoms with Crippen molar-refractivity contribution in [2.45, 2.75) is 38.7 Å². The molecule has 1 aliphatic heterocycles. The van der Waals surface area contributed by atoms with Gasteiger partial charge in [-0.2, -0.15) is 5.10 Å². The number of rotatable bonds is 4. The molecule has 16 heavy (non-hydrogen) atoms. The summed E-state index contributed by atoms with van der Waals surface area (Å²) in [6, 6.07) is 0. The van der Waals surface area contributed by atoms with Gasteiger partial charge in [0.1, 0.15) is 0 Å². The van der Waals surface area contributed by atoms with Gasteiger partial charge in [-0.05, 0) is 26.2 Å². The first kappa shape index (κ1) is 11.3. The van der Waals surface area contributed by atoms with Gasteiger partial charge < -0.3 is 4.74 Å². The van der Waals surface area contributed by atoms with Crippen LogP contribution in [0.3, 0.4) is 0 Å². The average Bonchev–Trinajstić information content (AvgIpc) is 2.84. The van der Waals surface area contributed by atoms with Gasteiger partial charge in [-0.15, -0.1) is 0 Å². The first-order chi connectivity index (χ1) is 7.66. The van der Waals surface area contributed by atoms with Gasteiger partial charge in [0.25, 0.3) is 0 Å². The van der Waals surface area contributed by atoms with E-state index in [1.807, 2.05) is 14.0 Å². The summed E-state index contributed by atoms with van der Waals surface area (Å²) in [5.41, 5.74) is 1.57. The van der Waals surface area contributed by atoms with Crippen LogP contribution in [0.1, 0.15) is 41.7 Å². The molecule has 0 aromatic carbocycles. The molecule has 88 valence electrons. The highest BCUT2D eigenvalue weighted by molar-refractivity contribution is 5.96. The van der Waals surface area contributed by atoms with E-state index in [9.17, 15) is 4.79 Å². The van der Waals surface area contributed by atoms with Crippen LogP contribution in [0.15, 0.2) is 6.20 Å². The molecule has 0 amide bonds. The lowest BCUT2D eigenvalue weighted by molar-refractivity contribution is 0.0859. The zero-order valence-electron chi connectivity index (χ0n) is 9.90. The van der Waals surface area contributed by atoms with E-state index in [4.69, 9.17) is 4.74 Å². The molecule has 2 rings (SSSR count). The third-order valence-electron chi connectivity index (χ3n) is 3.03. The summed E-state index contributed by atoms with van der Waals surface area (Å²) >= 11 is 0. The maximum Gasteiger partial charge on any atom is 0.166 e. The summed E-state index contributed by atoms with van der Waals surface area (Å²) in [5, 5.41) is 4.18. The molecule has 1 aliphatic rings. The molecule has 1 unspecified atom stereocenters. The zero-order chi connectivity index (χ0) is 11.5. The maximum atomic E-state index is 11.9. The van der Waals surface area contributed by atoms with Crippen LogP contribution in [0.4, 0.5) is 0 Å². The maximum absolute atomic E-state index is 11.9. The fourth-order valence-corrected chi connectivity index (χ4v) is 2.17. The van der Waals surface area contributed by atoms with Gasteiger partial charge in [-0.3, -0.25) is 9.48 Å². The number of hydrogen-bond donors (Lipinski definition) is 0. The van der Waals surface area contributed by atoms with E-state index < -0.39 is 0 Å². The number of aromatic nitrogens is 2. The van der Waals surface area contributed by atoms with Crippen LogP contribution < -0.4 is 0 Å². The molecule has 1 saturated heterocycles. The van der Waals surface area contributed by atoms with Crippen LogP contribution in [0, 0.1) is 6.92 Å². The Balaban J connectivity index is 1.90. The van der Waals surface area contributed by atoms with E-state index in [1.54, 1.807) is 10.9 Å². The molecule has 1 aromatic rings. The Morgan fingerprint density at radius 3 is 3.06 bits per heavy atom. The van der Waals surface area contributed by atoms with Crippen LogP contribution >= 0.6 is 0 Å². The Kier molecular flexibility index (Phi) is 3.39. The molecule has 0 radical (unpaired) electrons. The predicted molar refractivity (Wildman–Crippen MR) is 60.5 cm³/mol. The molecule has 4 heteroatoms. The number of Topliss-reactive ketones (excluding diaryl/α,β-unsaturated/α-hetero) is 1. The Hall–Kier alpha value is -1.16. The molecule has 2 heterocycles. The van der Waals surface area contributed by atoms with Crippen LogP contribution in [-0.2, 0) is 11.8 Å². The third-order valence-corrected chi connectivity index (χ3v) is 3.03. The number of ketones is 1. The Labute approximate surface area is 95.6 Å². The van der Waals surface area contributed by atoms with E-state index >= 15 is 0 Å². The molecule has 0 saturated carbocycles. The minimum atomic E-state index is 0.182. The topological polar surface area (TPSA) is 44.1 Å². The Morgan fingerprint density at radius 2 is 2.50 bits per heavy atom. The first-order valence-corrected chi connectivity index (χ1v) is 5.82. The van der Waals surface area contributed by atoms with Crippen molar-refractivity contribution in [3.05, 3.63) is 17.5 Å². The number of nitrogens with zero attached hydrogens (tertiary/aromatic N) is 2. The van der Waals surface area contributed by atoms with Crippen LogP contribution in [0.25, 0.3) is 0 Å². The van der Waals surface area contributed by atoms with Crippen LogP contribution in [0.2, 0.25) is 0 Å². The second-order valence-corrected chi connectivity index (χ2v) is 4.40. The van der Waals surface area contributed by atoms with Crippen molar-refractivity contribution < 1.29 is 9.53 Å². The van der Waals surface area contributed by atoms with E-state index in [0.29, 0.717) is 12.5 Å². The molecule has 1 aromatic heterocycles. The summed E-state index contributed by atoms with van der Waals surface area (Å²) in [7, 11) is 1.84. The van der Waals surface area contributed by atoms with Crippen molar-refractivity contribution in [1.29, 1.82) is 0 Å². The van der Waals surface area contributed by atoms with E-state index in [1.165, 1.54) is 0 Å². The van der Waals surface area contributed by atoms with Gasteiger partial charge in [0.05, 0.1) is 17.4 Å². The smallest absolute Gasteiger partial charge is 0.166 e. The Morgan fingerprint density at radius 1 is 1.69 bits per heavy atom. The fraction of sp³-hybridized carbons (Fsp3) is 0.667. The summed E-state index contributed by atoms with van der Waals surface area (Å²) in [5.74, 6) is 0.182. The number of aryl methyl sites for hydroxylation is 2. The van der Waals surface area contributed by atoms with Gasteiger partial charge >= 0.3 is 0 Å². The van der Waals surface area contributed by atoms with Crippen molar-refractivity contribution in [3.8, 4) is 0 Å². The van der Waals surface area contributed by atoms with Gasteiger partial charge in [0.2, 0.25) is 0 Å². The van der Waals surface area contributed by atoms with E-state index in [0.717, 1.165) is 37.1 Å². The molecule has 0 bridgehead atoms. The van der Waals surface area contributed by atoms with Crippen LogP contribution in [0.5, 0.6) is 0 Å². The summed E-state index contributed by atoms with van der Waals surface area (Å²) in [4.78, 5) is 11.9. The van der Waals surface area contributed by atoms with Gasteiger partial charge in [-0.1, -0.05) is 0 Å². The standard InChI is InChI=1S/C12H18N2O2/c1-9-11(8-14(2)13-9)12(15)6-5-10-4-3-7-16-10/h8,10H,3-7H2,1-2H3. The molecular formula is C12H18N2O2. The summed E-state index contributed by atoms with van der Waals surface area (Å²) in [6.45, 7) is 2.73. The highest BCUT2D eigenvalue weighted by atomic mass is 16.5. The van der Waals surface area contributed by atoms with Gasteiger partial charge in [-0.25, -0.2) is 0 Å². The van der Waals surface area contributed by atoms with Crippen molar-refractivity contribution in [3.63, 3.8) is 0 Å². The lowest BCUT2D eigenvalue weighted by atomic mass is 10.0. The van der Waals surface area contributed by atoms with Gasteiger partial charge in [0.15, 0.2) is 5.78 Å².